The van der Waals surface area contributed by atoms with Gasteiger partial charge in [0.2, 0.25) is 5.88 Å². The maximum atomic E-state index is 11.9. The molecule has 0 saturated heterocycles. The molecule has 0 atom stereocenters. The van der Waals surface area contributed by atoms with E-state index in [0.29, 0.717) is 11.7 Å². The summed E-state index contributed by atoms with van der Waals surface area (Å²) in [6.45, 7) is 2.09. The zero-order valence-corrected chi connectivity index (χ0v) is 10.7. The van der Waals surface area contributed by atoms with Crippen LogP contribution < -0.4 is 15.4 Å². The molecule has 1 aromatic heterocycles. The minimum Gasteiger partial charge on any atom is -0.481 e. The fraction of sp³-hybridized carbons (Fsp3) is 0.583. The van der Waals surface area contributed by atoms with Crippen molar-refractivity contribution < 1.29 is 9.53 Å². The summed E-state index contributed by atoms with van der Waals surface area (Å²) >= 11 is 0. The minimum atomic E-state index is -0.225. The van der Waals surface area contributed by atoms with Gasteiger partial charge in [0.05, 0.1) is 7.11 Å². The average molecular weight is 250 g/mol. The molecular formula is C12H18N4O2. The molecule has 1 heterocycles. The van der Waals surface area contributed by atoms with E-state index in [9.17, 15) is 4.79 Å². The standard InChI is InChI=1S/C12H18N4O2/c1-3-12(5-4-6-12)16-11(17)15-9-7-10(18-2)14-8-13-9/h7-8H,3-6H2,1-2H3,(H2,13,14,15,16,17). The lowest BCUT2D eigenvalue weighted by atomic mass is 9.75. The zero-order chi connectivity index (χ0) is 13.0. The number of carbonyl (C=O) groups excluding carboxylic acids is 1. The van der Waals surface area contributed by atoms with Crippen LogP contribution in [0.3, 0.4) is 0 Å². The van der Waals surface area contributed by atoms with Crippen molar-refractivity contribution in [2.45, 2.75) is 38.1 Å². The van der Waals surface area contributed by atoms with Gasteiger partial charge >= 0.3 is 6.03 Å². The Bertz CT molecular complexity index is 426. The van der Waals surface area contributed by atoms with Crippen molar-refractivity contribution in [3.05, 3.63) is 12.4 Å². The normalized spacial score (nSPS) is 16.6. The number of aromatic nitrogens is 2. The van der Waals surface area contributed by atoms with E-state index >= 15 is 0 Å². The molecule has 0 unspecified atom stereocenters. The Labute approximate surface area is 106 Å². The van der Waals surface area contributed by atoms with Crippen LogP contribution in [0.1, 0.15) is 32.6 Å². The smallest absolute Gasteiger partial charge is 0.320 e. The first kappa shape index (κ1) is 12.6. The van der Waals surface area contributed by atoms with E-state index in [1.165, 1.54) is 19.9 Å². The van der Waals surface area contributed by atoms with Crippen molar-refractivity contribution in [1.29, 1.82) is 0 Å². The summed E-state index contributed by atoms with van der Waals surface area (Å²) in [5.74, 6) is 0.860. The van der Waals surface area contributed by atoms with Gasteiger partial charge in [0.15, 0.2) is 0 Å². The molecule has 18 heavy (non-hydrogen) atoms. The van der Waals surface area contributed by atoms with Crippen molar-refractivity contribution in [2.24, 2.45) is 0 Å². The molecule has 0 spiro atoms. The number of anilines is 1. The molecule has 1 saturated carbocycles. The summed E-state index contributed by atoms with van der Waals surface area (Å²) in [4.78, 5) is 19.7. The zero-order valence-electron chi connectivity index (χ0n) is 10.7. The van der Waals surface area contributed by atoms with Crippen molar-refractivity contribution in [3.8, 4) is 5.88 Å². The number of hydrogen-bond donors (Lipinski definition) is 2. The van der Waals surface area contributed by atoms with E-state index in [4.69, 9.17) is 4.74 Å². The van der Waals surface area contributed by atoms with Crippen LogP contribution >= 0.6 is 0 Å². The highest BCUT2D eigenvalue weighted by molar-refractivity contribution is 5.88. The number of amides is 2. The summed E-state index contributed by atoms with van der Waals surface area (Å²) in [6.07, 6.45) is 5.57. The maximum absolute atomic E-state index is 11.9. The summed E-state index contributed by atoms with van der Waals surface area (Å²) in [5, 5.41) is 5.71. The molecule has 6 heteroatoms. The molecule has 0 bridgehead atoms. The monoisotopic (exact) mass is 250 g/mol. The molecule has 1 aromatic rings. The Morgan fingerprint density at radius 3 is 2.83 bits per heavy atom. The summed E-state index contributed by atoms with van der Waals surface area (Å²) in [5.41, 5.74) is -0.0266. The van der Waals surface area contributed by atoms with Crippen LogP contribution in [0.2, 0.25) is 0 Å². The van der Waals surface area contributed by atoms with Gasteiger partial charge in [-0.25, -0.2) is 14.8 Å². The summed E-state index contributed by atoms with van der Waals surface area (Å²) in [7, 11) is 1.52. The molecule has 6 nitrogen and oxygen atoms in total. The second-order valence-corrected chi connectivity index (χ2v) is 4.51. The SMILES string of the molecule is CCC1(NC(=O)Nc2cc(OC)ncn2)CCC1. The third kappa shape index (κ3) is 2.69. The number of nitrogens with zero attached hydrogens (tertiary/aromatic N) is 2. The topological polar surface area (TPSA) is 76.1 Å². The molecule has 0 aliphatic heterocycles. The highest BCUT2D eigenvalue weighted by atomic mass is 16.5. The summed E-state index contributed by atoms with van der Waals surface area (Å²) in [6, 6.07) is 1.36. The van der Waals surface area contributed by atoms with E-state index in [0.717, 1.165) is 19.3 Å². The molecule has 2 amide bonds. The number of carbonyl (C=O) groups is 1. The number of rotatable bonds is 4. The summed E-state index contributed by atoms with van der Waals surface area (Å²) < 4.78 is 4.97. The largest absolute Gasteiger partial charge is 0.481 e. The number of nitrogens with one attached hydrogen (secondary N) is 2. The van der Waals surface area contributed by atoms with Crippen molar-refractivity contribution >= 4 is 11.8 Å². The lowest BCUT2D eigenvalue weighted by molar-refractivity contribution is 0.179. The van der Waals surface area contributed by atoms with Gasteiger partial charge in [-0.2, -0.15) is 0 Å². The highest BCUT2D eigenvalue weighted by Gasteiger charge is 2.36. The average Bonchev–Trinajstić information content (AvgIpc) is 2.34. The van der Waals surface area contributed by atoms with E-state index < -0.39 is 0 Å². The first-order chi connectivity index (χ1) is 8.67. The Morgan fingerprint density at radius 1 is 1.50 bits per heavy atom. The molecule has 0 radical (unpaired) electrons. The van der Waals surface area contributed by atoms with Gasteiger partial charge in [0.25, 0.3) is 0 Å². The molecule has 1 aliphatic rings. The van der Waals surface area contributed by atoms with Crippen LogP contribution in [0.4, 0.5) is 10.6 Å². The molecular weight excluding hydrogens is 232 g/mol. The fourth-order valence-corrected chi connectivity index (χ4v) is 2.08. The van der Waals surface area contributed by atoms with Crippen LogP contribution in [0.25, 0.3) is 0 Å². The van der Waals surface area contributed by atoms with E-state index in [1.54, 1.807) is 6.07 Å². The van der Waals surface area contributed by atoms with E-state index in [-0.39, 0.29) is 11.6 Å². The first-order valence-corrected chi connectivity index (χ1v) is 6.13. The molecule has 98 valence electrons. The Hall–Kier alpha value is -1.85. The molecule has 0 aromatic carbocycles. The first-order valence-electron chi connectivity index (χ1n) is 6.13. The van der Waals surface area contributed by atoms with Crippen LogP contribution in [0, 0.1) is 0 Å². The highest BCUT2D eigenvalue weighted by Crippen LogP contribution is 2.34. The van der Waals surface area contributed by atoms with Crippen LogP contribution in [0.15, 0.2) is 12.4 Å². The Morgan fingerprint density at radius 2 is 2.28 bits per heavy atom. The second-order valence-electron chi connectivity index (χ2n) is 4.51. The minimum absolute atomic E-state index is 0.0266. The van der Waals surface area contributed by atoms with Crippen LogP contribution in [-0.2, 0) is 0 Å². The van der Waals surface area contributed by atoms with Crippen molar-refractivity contribution in [1.82, 2.24) is 15.3 Å². The number of ether oxygens (including phenoxy) is 1. The fourth-order valence-electron chi connectivity index (χ4n) is 2.08. The maximum Gasteiger partial charge on any atom is 0.320 e. The van der Waals surface area contributed by atoms with E-state index in [1.807, 2.05) is 0 Å². The van der Waals surface area contributed by atoms with Gasteiger partial charge in [-0.1, -0.05) is 6.92 Å². The number of hydrogen-bond acceptors (Lipinski definition) is 4. The third-order valence-corrected chi connectivity index (χ3v) is 3.46. The van der Waals surface area contributed by atoms with Gasteiger partial charge in [-0.05, 0) is 25.7 Å². The predicted molar refractivity (Wildman–Crippen MR) is 67.6 cm³/mol. The lowest BCUT2D eigenvalue weighted by Crippen LogP contribution is -2.54. The second kappa shape index (κ2) is 5.20. The quantitative estimate of drug-likeness (QED) is 0.856. The molecule has 2 rings (SSSR count). The number of urea groups is 1. The van der Waals surface area contributed by atoms with Gasteiger partial charge in [0, 0.05) is 11.6 Å². The Kier molecular flexibility index (Phi) is 3.64. The number of methoxy groups -OCH3 is 1. The predicted octanol–water partition coefficient (Wildman–Crippen LogP) is 1.94. The van der Waals surface area contributed by atoms with Gasteiger partial charge < -0.3 is 10.1 Å². The van der Waals surface area contributed by atoms with Gasteiger partial charge in [0.1, 0.15) is 12.1 Å². The van der Waals surface area contributed by atoms with Gasteiger partial charge in [-0.3, -0.25) is 5.32 Å². The van der Waals surface area contributed by atoms with Crippen LogP contribution in [0.5, 0.6) is 5.88 Å². The third-order valence-electron chi connectivity index (χ3n) is 3.46. The van der Waals surface area contributed by atoms with Crippen molar-refractivity contribution in [2.75, 3.05) is 12.4 Å². The van der Waals surface area contributed by atoms with Crippen LogP contribution in [-0.4, -0.2) is 28.6 Å². The molecule has 2 N–H and O–H groups in total. The van der Waals surface area contributed by atoms with E-state index in [2.05, 4.69) is 27.5 Å². The van der Waals surface area contributed by atoms with Crippen molar-refractivity contribution in [3.63, 3.8) is 0 Å². The van der Waals surface area contributed by atoms with Gasteiger partial charge in [-0.15, -0.1) is 0 Å². The Balaban J connectivity index is 1.94. The lowest BCUT2D eigenvalue weighted by Gasteiger charge is -2.41. The molecule has 1 fully saturated rings. The molecule has 1 aliphatic carbocycles.